The van der Waals surface area contributed by atoms with Gasteiger partial charge in [-0.25, -0.2) is 0 Å². The predicted octanol–water partition coefficient (Wildman–Crippen LogP) is 1.91. The Morgan fingerprint density at radius 3 is 3.00 bits per heavy atom. The van der Waals surface area contributed by atoms with Crippen molar-refractivity contribution in [1.29, 1.82) is 0 Å². The van der Waals surface area contributed by atoms with E-state index >= 15 is 0 Å². The quantitative estimate of drug-likeness (QED) is 0.809. The summed E-state index contributed by atoms with van der Waals surface area (Å²) >= 11 is 0. The maximum Gasteiger partial charge on any atom is 0.158 e. The summed E-state index contributed by atoms with van der Waals surface area (Å²) in [5, 5.41) is 17.0. The third-order valence-electron chi connectivity index (χ3n) is 3.58. The molecular weight excluding hydrogens is 190 g/mol. The zero-order chi connectivity index (χ0) is 10.9. The molecule has 0 aliphatic heterocycles. The van der Waals surface area contributed by atoms with Gasteiger partial charge in [-0.1, -0.05) is 26.7 Å². The van der Waals surface area contributed by atoms with Crippen LogP contribution in [0.5, 0.6) is 0 Å². The van der Waals surface area contributed by atoms with Crippen LogP contribution in [0.15, 0.2) is 6.33 Å². The van der Waals surface area contributed by atoms with Gasteiger partial charge in [0.1, 0.15) is 12.9 Å². The van der Waals surface area contributed by atoms with E-state index in [1.807, 2.05) is 0 Å². The molecule has 0 bridgehead atoms. The molecular formula is C11H19N3O. The number of hydrogen-bond donors (Lipinski definition) is 1. The fraction of sp³-hybridized carbons (Fsp3) is 0.818. The summed E-state index contributed by atoms with van der Waals surface area (Å²) in [7, 11) is 0. The summed E-state index contributed by atoms with van der Waals surface area (Å²) in [6.45, 7) is 4.56. The van der Waals surface area contributed by atoms with E-state index in [0.29, 0.717) is 11.9 Å². The molecule has 0 spiro atoms. The largest absolute Gasteiger partial charge is 0.388 e. The normalized spacial score (nSPS) is 25.4. The maximum absolute atomic E-state index is 9.18. The van der Waals surface area contributed by atoms with E-state index in [-0.39, 0.29) is 12.0 Å². The molecule has 0 saturated heterocycles. The van der Waals surface area contributed by atoms with Gasteiger partial charge in [-0.15, -0.1) is 10.2 Å². The summed E-state index contributed by atoms with van der Waals surface area (Å²) in [6.07, 6.45) is 6.72. The number of nitrogens with zero attached hydrogens (tertiary/aromatic N) is 3. The van der Waals surface area contributed by atoms with E-state index in [4.69, 9.17) is 0 Å². The first-order chi connectivity index (χ1) is 7.15. The first kappa shape index (κ1) is 10.6. The van der Waals surface area contributed by atoms with Gasteiger partial charge in [-0.3, -0.25) is 0 Å². The molecule has 1 aromatic rings. The van der Waals surface area contributed by atoms with Gasteiger partial charge in [0.2, 0.25) is 0 Å². The second-order valence-corrected chi connectivity index (χ2v) is 5.06. The monoisotopic (exact) mass is 209 g/mol. The molecule has 1 unspecified atom stereocenters. The van der Waals surface area contributed by atoms with Crippen molar-refractivity contribution in [3.8, 4) is 0 Å². The van der Waals surface area contributed by atoms with Crippen LogP contribution in [0.25, 0.3) is 0 Å². The van der Waals surface area contributed by atoms with E-state index in [1.165, 1.54) is 19.3 Å². The lowest BCUT2D eigenvalue weighted by molar-refractivity contribution is 0.134. The summed E-state index contributed by atoms with van der Waals surface area (Å²) in [5.74, 6) is 0.690. The molecule has 1 aliphatic carbocycles. The molecule has 1 aromatic heterocycles. The zero-order valence-corrected chi connectivity index (χ0v) is 9.48. The van der Waals surface area contributed by atoms with Gasteiger partial charge in [-0.2, -0.15) is 0 Å². The third kappa shape index (κ3) is 1.91. The lowest BCUT2D eigenvalue weighted by Crippen LogP contribution is -2.31. The van der Waals surface area contributed by atoms with Crippen molar-refractivity contribution >= 4 is 0 Å². The molecule has 1 fully saturated rings. The van der Waals surface area contributed by atoms with Gasteiger partial charge in [0.05, 0.1) is 0 Å². The fourth-order valence-electron chi connectivity index (χ4n) is 2.63. The minimum absolute atomic E-state index is 0.0212. The Bertz CT molecular complexity index is 332. The Morgan fingerprint density at radius 2 is 2.33 bits per heavy atom. The van der Waals surface area contributed by atoms with Crippen molar-refractivity contribution in [2.45, 2.75) is 52.2 Å². The van der Waals surface area contributed by atoms with Crippen molar-refractivity contribution in [3.05, 3.63) is 12.2 Å². The molecule has 1 aliphatic rings. The Balaban J connectivity index is 2.28. The van der Waals surface area contributed by atoms with Crippen LogP contribution in [-0.4, -0.2) is 19.9 Å². The van der Waals surface area contributed by atoms with Gasteiger partial charge in [0.25, 0.3) is 0 Å². The van der Waals surface area contributed by atoms with E-state index in [0.717, 1.165) is 6.42 Å². The molecule has 1 atom stereocenters. The first-order valence-electron chi connectivity index (χ1n) is 5.64. The molecule has 1 N–H and O–H groups in total. The highest BCUT2D eigenvalue weighted by Gasteiger charge is 2.34. The smallest absolute Gasteiger partial charge is 0.158 e. The average Bonchev–Trinajstić information content (AvgIpc) is 2.64. The van der Waals surface area contributed by atoms with Crippen molar-refractivity contribution < 1.29 is 5.11 Å². The Kier molecular flexibility index (Phi) is 2.78. The van der Waals surface area contributed by atoms with Crippen LogP contribution in [0.4, 0.5) is 0 Å². The summed E-state index contributed by atoms with van der Waals surface area (Å²) in [5.41, 5.74) is 0.282. The maximum atomic E-state index is 9.18. The van der Waals surface area contributed by atoms with Crippen LogP contribution in [0.3, 0.4) is 0 Å². The molecule has 4 nitrogen and oxygen atoms in total. The molecule has 84 valence electrons. The molecule has 0 aromatic carbocycles. The van der Waals surface area contributed by atoms with Gasteiger partial charge in [-0.05, 0) is 18.3 Å². The lowest BCUT2D eigenvalue weighted by atomic mass is 9.73. The summed E-state index contributed by atoms with van der Waals surface area (Å²) in [6, 6.07) is 0.434. The summed E-state index contributed by atoms with van der Waals surface area (Å²) in [4.78, 5) is 0. The molecule has 1 heterocycles. The standard InChI is InChI=1S/C11H19N3O/c1-11(2)6-4-3-5-9(11)14-8-12-13-10(14)7-15/h8-9,15H,3-7H2,1-2H3. The Labute approximate surface area is 90.3 Å². The number of hydrogen-bond acceptors (Lipinski definition) is 3. The highest BCUT2D eigenvalue weighted by molar-refractivity contribution is 4.94. The van der Waals surface area contributed by atoms with Crippen LogP contribution in [0, 0.1) is 5.41 Å². The zero-order valence-electron chi connectivity index (χ0n) is 9.48. The second-order valence-electron chi connectivity index (χ2n) is 5.06. The third-order valence-corrected chi connectivity index (χ3v) is 3.58. The van der Waals surface area contributed by atoms with E-state index < -0.39 is 0 Å². The van der Waals surface area contributed by atoms with Crippen LogP contribution in [0.2, 0.25) is 0 Å². The van der Waals surface area contributed by atoms with Crippen molar-refractivity contribution in [2.24, 2.45) is 5.41 Å². The van der Waals surface area contributed by atoms with Crippen LogP contribution >= 0.6 is 0 Å². The molecule has 15 heavy (non-hydrogen) atoms. The van der Waals surface area contributed by atoms with Crippen LogP contribution in [0.1, 0.15) is 51.4 Å². The number of aliphatic hydroxyl groups is 1. The van der Waals surface area contributed by atoms with E-state index in [2.05, 4.69) is 28.6 Å². The minimum atomic E-state index is -0.0212. The van der Waals surface area contributed by atoms with Gasteiger partial charge < -0.3 is 9.67 Å². The van der Waals surface area contributed by atoms with Crippen LogP contribution < -0.4 is 0 Å². The highest BCUT2D eigenvalue weighted by atomic mass is 16.3. The highest BCUT2D eigenvalue weighted by Crippen LogP contribution is 2.43. The predicted molar refractivity (Wildman–Crippen MR) is 57.2 cm³/mol. The van der Waals surface area contributed by atoms with Gasteiger partial charge in [0, 0.05) is 6.04 Å². The molecule has 0 amide bonds. The van der Waals surface area contributed by atoms with E-state index in [9.17, 15) is 5.11 Å². The summed E-state index contributed by atoms with van der Waals surface area (Å²) < 4.78 is 2.05. The van der Waals surface area contributed by atoms with Crippen molar-refractivity contribution in [2.75, 3.05) is 0 Å². The van der Waals surface area contributed by atoms with Crippen molar-refractivity contribution in [1.82, 2.24) is 14.8 Å². The number of aliphatic hydroxyl groups excluding tert-OH is 1. The Hall–Kier alpha value is -0.900. The minimum Gasteiger partial charge on any atom is -0.388 e. The van der Waals surface area contributed by atoms with Gasteiger partial charge in [0.15, 0.2) is 5.82 Å². The SMILES string of the molecule is CC1(C)CCCCC1n1cnnc1CO. The number of rotatable bonds is 2. The van der Waals surface area contributed by atoms with Crippen LogP contribution in [-0.2, 0) is 6.61 Å². The second kappa shape index (κ2) is 3.93. The molecule has 1 saturated carbocycles. The lowest BCUT2D eigenvalue weighted by Gasteiger charge is -2.39. The van der Waals surface area contributed by atoms with Crippen molar-refractivity contribution in [3.63, 3.8) is 0 Å². The molecule has 2 rings (SSSR count). The average molecular weight is 209 g/mol. The molecule has 0 radical (unpaired) electrons. The first-order valence-corrected chi connectivity index (χ1v) is 5.64. The fourth-order valence-corrected chi connectivity index (χ4v) is 2.63. The van der Waals surface area contributed by atoms with Gasteiger partial charge >= 0.3 is 0 Å². The Morgan fingerprint density at radius 1 is 1.53 bits per heavy atom. The van der Waals surface area contributed by atoms with E-state index in [1.54, 1.807) is 6.33 Å². The number of aromatic nitrogens is 3. The molecule has 4 heteroatoms. The topological polar surface area (TPSA) is 50.9 Å².